The zero-order valence-electron chi connectivity index (χ0n) is 8.76. The van der Waals surface area contributed by atoms with Gasteiger partial charge in [0.2, 0.25) is 0 Å². The number of hydrogen-bond donors (Lipinski definition) is 0. The summed E-state index contributed by atoms with van der Waals surface area (Å²) >= 11 is 3.53. The molecule has 0 spiro atoms. The summed E-state index contributed by atoms with van der Waals surface area (Å²) in [6, 6.07) is 7.31. The highest BCUT2D eigenvalue weighted by molar-refractivity contribution is 9.10. The van der Waals surface area contributed by atoms with Crippen LogP contribution in [0.2, 0.25) is 0 Å². The van der Waals surface area contributed by atoms with E-state index in [1.807, 2.05) is 0 Å². The van der Waals surface area contributed by atoms with Crippen molar-refractivity contribution < 1.29 is 0 Å². The lowest BCUT2D eigenvalue weighted by atomic mass is 9.87. The van der Waals surface area contributed by atoms with Crippen molar-refractivity contribution in [3.63, 3.8) is 0 Å². The van der Waals surface area contributed by atoms with Crippen LogP contribution in [-0.2, 0) is 6.42 Å². The second kappa shape index (κ2) is 4.03. The summed E-state index contributed by atoms with van der Waals surface area (Å²) in [6.45, 7) is 0. The fourth-order valence-corrected chi connectivity index (χ4v) is 2.70. The highest BCUT2D eigenvalue weighted by atomic mass is 79.9. The Morgan fingerprint density at radius 2 is 2.14 bits per heavy atom. The summed E-state index contributed by atoms with van der Waals surface area (Å²) in [5.41, 5.74) is 3.04. The molecule has 0 saturated heterocycles. The Hall–Kier alpha value is -0.340. The Bertz CT molecular complexity index is 333. The van der Waals surface area contributed by atoms with E-state index in [1.165, 1.54) is 34.9 Å². The van der Waals surface area contributed by atoms with Crippen molar-refractivity contribution in [1.29, 1.82) is 0 Å². The minimum atomic E-state index is 0.617. The summed E-state index contributed by atoms with van der Waals surface area (Å²) in [6.07, 6.45) is 3.84. The maximum atomic E-state index is 3.53. The lowest BCUT2D eigenvalue weighted by Crippen LogP contribution is -2.24. The molecule has 1 aromatic rings. The molecule has 0 fully saturated rings. The maximum Gasteiger partial charge on any atom is 0.0344 e. The van der Waals surface area contributed by atoms with Crippen LogP contribution in [0.25, 0.3) is 0 Å². The molecule has 0 N–H and O–H groups in total. The van der Waals surface area contributed by atoms with E-state index in [2.05, 4.69) is 53.1 Å². The van der Waals surface area contributed by atoms with Gasteiger partial charge in [0.05, 0.1) is 0 Å². The minimum absolute atomic E-state index is 0.617. The first kappa shape index (κ1) is 10.2. The van der Waals surface area contributed by atoms with Crippen LogP contribution in [-0.4, -0.2) is 19.0 Å². The van der Waals surface area contributed by atoms with Gasteiger partial charge in [0.25, 0.3) is 0 Å². The van der Waals surface area contributed by atoms with E-state index in [0.717, 1.165) is 0 Å². The average molecular weight is 254 g/mol. The van der Waals surface area contributed by atoms with Crippen LogP contribution in [0.4, 0.5) is 0 Å². The quantitative estimate of drug-likeness (QED) is 0.742. The van der Waals surface area contributed by atoms with Gasteiger partial charge in [0.15, 0.2) is 0 Å². The number of aryl methyl sites for hydroxylation is 1. The predicted molar refractivity (Wildman–Crippen MR) is 63.5 cm³/mol. The van der Waals surface area contributed by atoms with E-state index in [0.29, 0.717) is 6.04 Å². The van der Waals surface area contributed by atoms with Crippen LogP contribution < -0.4 is 0 Å². The topological polar surface area (TPSA) is 3.24 Å². The molecule has 0 saturated carbocycles. The van der Waals surface area contributed by atoms with E-state index in [1.54, 1.807) is 0 Å². The van der Waals surface area contributed by atoms with Crippen LogP contribution in [0.1, 0.15) is 30.0 Å². The van der Waals surface area contributed by atoms with Gasteiger partial charge in [0, 0.05) is 10.5 Å². The highest BCUT2D eigenvalue weighted by Gasteiger charge is 2.21. The van der Waals surface area contributed by atoms with Crippen molar-refractivity contribution in [2.24, 2.45) is 0 Å². The largest absolute Gasteiger partial charge is 0.302 e. The average Bonchev–Trinajstić information content (AvgIpc) is 2.16. The number of hydrogen-bond acceptors (Lipinski definition) is 1. The molecule has 0 aromatic heterocycles. The standard InChI is InChI=1S/C12H16BrN/c1-14(2)12-5-3-4-9-8-10(13)6-7-11(9)12/h6-8,12H,3-5H2,1-2H3. The third-order valence-electron chi connectivity index (χ3n) is 3.01. The molecule has 1 aliphatic carbocycles. The number of rotatable bonds is 1. The Morgan fingerprint density at radius 1 is 1.36 bits per heavy atom. The fraction of sp³-hybridized carbons (Fsp3) is 0.500. The number of fused-ring (bicyclic) bond motifs is 1. The molecule has 2 heteroatoms. The van der Waals surface area contributed by atoms with Gasteiger partial charge in [-0.1, -0.05) is 22.0 Å². The van der Waals surface area contributed by atoms with Crippen LogP contribution in [0.15, 0.2) is 22.7 Å². The van der Waals surface area contributed by atoms with Gasteiger partial charge in [-0.15, -0.1) is 0 Å². The van der Waals surface area contributed by atoms with Crippen molar-refractivity contribution in [3.05, 3.63) is 33.8 Å². The van der Waals surface area contributed by atoms with E-state index < -0.39 is 0 Å². The van der Waals surface area contributed by atoms with E-state index in [-0.39, 0.29) is 0 Å². The van der Waals surface area contributed by atoms with Gasteiger partial charge < -0.3 is 4.90 Å². The van der Waals surface area contributed by atoms with Gasteiger partial charge >= 0.3 is 0 Å². The molecular weight excluding hydrogens is 238 g/mol. The van der Waals surface area contributed by atoms with Gasteiger partial charge in [0.1, 0.15) is 0 Å². The van der Waals surface area contributed by atoms with E-state index >= 15 is 0 Å². The van der Waals surface area contributed by atoms with E-state index in [9.17, 15) is 0 Å². The molecule has 0 aliphatic heterocycles. The molecule has 1 aromatic carbocycles. The maximum absolute atomic E-state index is 3.53. The smallest absolute Gasteiger partial charge is 0.0344 e. The molecule has 1 nitrogen and oxygen atoms in total. The predicted octanol–water partition coefficient (Wildman–Crippen LogP) is 3.39. The molecule has 1 unspecified atom stereocenters. The lowest BCUT2D eigenvalue weighted by molar-refractivity contribution is 0.268. The van der Waals surface area contributed by atoms with Crippen LogP contribution in [0, 0.1) is 0 Å². The molecule has 76 valence electrons. The summed E-state index contributed by atoms with van der Waals surface area (Å²) in [7, 11) is 4.34. The molecule has 0 amide bonds. The molecule has 0 heterocycles. The number of nitrogens with zero attached hydrogens (tertiary/aromatic N) is 1. The Kier molecular flexibility index (Phi) is 2.93. The Labute approximate surface area is 94.2 Å². The first-order valence-corrected chi connectivity index (χ1v) is 5.92. The van der Waals surface area contributed by atoms with Crippen molar-refractivity contribution in [1.82, 2.24) is 4.90 Å². The second-order valence-corrected chi connectivity index (χ2v) is 5.13. The highest BCUT2D eigenvalue weighted by Crippen LogP contribution is 2.34. The van der Waals surface area contributed by atoms with Gasteiger partial charge in [-0.3, -0.25) is 0 Å². The number of benzene rings is 1. The summed E-state index contributed by atoms with van der Waals surface area (Å²) in [5.74, 6) is 0. The molecule has 0 bridgehead atoms. The normalized spacial score (nSPS) is 21.0. The molecule has 1 aliphatic rings. The number of halogens is 1. The molecule has 1 atom stereocenters. The first-order valence-electron chi connectivity index (χ1n) is 5.13. The molecular formula is C12H16BrN. The van der Waals surface area contributed by atoms with Gasteiger partial charge in [-0.05, 0) is 56.6 Å². The second-order valence-electron chi connectivity index (χ2n) is 4.21. The van der Waals surface area contributed by atoms with Gasteiger partial charge in [-0.25, -0.2) is 0 Å². The third kappa shape index (κ3) is 1.86. The third-order valence-corrected chi connectivity index (χ3v) is 3.50. The fourth-order valence-electron chi connectivity index (χ4n) is 2.29. The molecule has 0 radical (unpaired) electrons. The first-order chi connectivity index (χ1) is 6.68. The monoisotopic (exact) mass is 253 g/mol. The Morgan fingerprint density at radius 3 is 2.86 bits per heavy atom. The SMILES string of the molecule is CN(C)C1CCCc2cc(Br)ccc21. The van der Waals surface area contributed by atoms with Crippen molar-refractivity contribution in [3.8, 4) is 0 Å². The summed E-state index contributed by atoms with van der Waals surface area (Å²) in [5, 5.41) is 0. The lowest BCUT2D eigenvalue weighted by Gasteiger charge is -2.30. The van der Waals surface area contributed by atoms with Crippen molar-refractivity contribution >= 4 is 15.9 Å². The minimum Gasteiger partial charge on any atom is -0.302 e. The van der Waals surface area contributed by atoms with Crippen LogP contribution in [0.3, 0.4) is 0 Å². The van der Waals surface area contributed by atoms with Crippen molar-refractivity contribution in [2.75, 3.05) is 14.1 Å². The molecule has 14 heavy (non-hydrogen) atoms. The summed E-state index contributed by atoms with van der Waals surface area (Å²) < 4.78 is 1.20. The van der Waals surface area contributed by atoms with Crippen LogP contribution in [0.5, 0.6) is 0 Å². The van der Waals surface area contributed by atoms with E-state index in [4.69, 9.17) is 0 Å². The van der Waals surface area contributed by atoms with Crippen molar-refractivity contribution in [2.45, 2.75) is 25.3 Å². The Balaban J connectivity index is 2.40. The summed E-state index contributed by atoms with van der Waals surface area (Å²) in [4.78, 5) is 2.33. The zero-order valence-corrected chi connectivity index (χ0v) is 10.3. The zero-order chi connectivity index (χ0) is 10.1. The van der Waals surface area contributed by atoms with Gasteiger partial charge in [-0.2, -0.15) is 0 Å². The molecule has 2 rings (SSSR count). The van der Waals surface area contributed by atoms with Crippen LogP contribution >= 0.6 is 15.9 Å².